The van der Waals surface area contributed by atoms with E-state index in [0.29, 0.717) is 49.1 Å². The molecule has 2 saturated heterocycles. The number of benzene rings is 1. The molecule has 6 atom stereocenters. The lowest BCUT2D eigenvalue weighted by molar-refractivity contribution is -0.269. The quantitative estimate of drug-likeness (QED) is 0.385. The van der Waals surface area contributed by atoms with E-state index in [9.17, 15) is 24.6 Å². The Kier molecular flexibility index (Phi) is 6.71. The Morgan fingerprint density at radius 3 is 2.64 bits per heavy atom. The van der Waals surface area contributed by atoms with E-state index in [1.807, 2.05) is 6.92 Å². The molecule has 1 aliphatic carbocycles. The van der Waals surface area contributed by atoms with Gasteiger partial charge in [-0.15, -0.1) is 0 Å². The molecule has 0 spiro atoms. The molecule has 3 aliphatic rings. The van der Waals surface area contributed by atoms with E-state index in [-0.39, 0.29) is 36.4 Å². The number of aliphatic hydroxyl groups is 1. The highest BCUT2D eigenvalue weighted by molar-refractivity contribution is 6.31. The smallest absolute Gasteiger partial charge is 0.303 e. The molecule has 180 valence electrons. The molecule has 2 aliphatic heterocycles. The third-order valence-electron chi connectivity index (χ3n) is 7.55. The summed E-state index contributed by atoms with van der Waals surface area (Å²) in [5.41, 5.74) is 0.635. The summed E-state index contributed by atoms with van der Waals surface area (Å²) in [5.74, 6) is -4.80. The number of unbranched alkanes of at least 4 members (excludes halogenated alkanes) is 2. The molecule has 4 rings (SSSR count). The lowest BCUT2D eigenvalue weighted by Crippen LogP contribution is -2.53. The van der Waals surface area contributed by atoms with Crippen LogP contribution in [0.1, 0.15) is 63.5 Å². The van der Waals surface area contributed by atoms with Crippen molar-refractivity contribution in [3.05, 3.63) is 28.8 Å². The van der Waals surface area contributed by atoms with E-state index in [0.717, 1.165) is 0 Å². The second kappa shape index (κ2) is 9.24. The van der Waals surface area contributed by atoms with Gasteiger partial charge in [0.1, 0.15) is 5.75 Å². The molecule has 0 bridgehead atoms. The molecule has 33 heavy (non-hydrogen) atoms. The number of hydrogen-bond donors (Lipinski definition) is 3. The van der Waals surface area contributed by atoms with Crippen LogP contribution in [0.2, 0.25) is 5.02 Å². The number of nitrogens with zero attached hydrogens (tertiary/aromatic N) is 1. The standard InChI is InChI=1S/C24H30ClNO7/c1-2-13-10-16-21(23(31)26(22(16)30)9-5-3-4-6-20(28)29)17-12-19(33-24(13,17)32)15-8-7-14(27)11-18(15)25/h7-8,11,13,16-17,19,21,27,32H,2-6,9-10,12H2,1H3,(H,28,29)/t13-,16-,17-,19-,21-,24+/m0/s1. The van der Waals surface area contributed by atoms with E-state index in [2.05, 4.69) is 0 Å². The van der Waals surface area contributed by atoms with Gasteiger partial charge in [0, 0.05) is 24.8 Å². The molecule has 2 heterocycles. The van der Waals surface area contributed by atoms with Crippen LogP contribution in [0.4, 0.5) is 0 Å². The highest BCUT2D eigenvalue weighted by atomic mass is 35.5. The molecule has 3 N–H and O–H groups in total. The van der Waals surface area contributed by atoms with Crippen molar-refractivity contribution in [2.45, 2.75) is 63.8 Å². The summed E-state index contributed by atoms with van der Waals surface area (Å²) in [6.45, 7) is 2.20. The fourth-order valence-electron chi connectivity index (χ4n) is 5.93. The van der Waals surface area contributed by atoms with Gasteiger partial charge in [0.25, 0.3) is 0 Å². The first-order valence-corrected chi connectivity index (χ1v) is 12.0. The summed E-state index contributed by atoms with van der Waals surface area (Å²) in [4.78, 5) is 38.5. The number of hydrogen-bond acceptors (Lipinski definition) is 6. The fourth-order valence-corrected chi connectivity index (χ4v) is 6.22. The Bertz CT molecular complexity index is 953. The van der Waals surface area contributed by atoms with Crippen molar-refractivity contribution < 1.29 is 34.4 Å². The number of carbonyl (C=O) groups excluding carboxylic acids is 2. The van der Waals surface area contributed by atoms with Gasteiger partial charge in [-0.1, -0.05) is 31.0 Å². The fraction of sp³-hybridized carbons (Fsp3) is 0.625. The molecular weight excluding hydrogens is 450 g/mol. The Morgan fingerprint density at radius 1 is 1.21 bits per heavy atom. The minimum atomic E-state index is -1.53. The van der Waals surface area contributed by atoms with Gasteiger partial charge in [-0.05, 0) is 49.8 Å². The second-order valence-electron chi connectivity index (χ2n) is 9.41. The summed E-state index contributed by atoms with van der Waals surface area (Å²) >= 11 is 6.32. The Morgan fingerprint density at radius 2 is 1.97 bits per heavy atom. The Labute approximate surface area is 197 Å². The number of rotatable bonds is 8. The summed E-state index contributed by atoms with van der Waals surface area (Å²) in [7, 11) is 0. The predicted molar refractivity (Wildman–Crippen MR) is 118 cm³/mol. The normalized spacial score (nSPS) is 33.3. The van der Waals surface area contributed by atoms with Gasteiger partial charge in [-0.3, -0.25) is 19.3 Å². The van der Waals surface area contributed by atoms with Crippen LogP contribution in [0.3, 0.4) is 0 Å². The van der Waals surface area contributed by atoms with Gasteiger partial charge in [0.05, 0.1) is 23.0 Å². The lowest BCUT2D eigenvalue weighted by atomic mass is 9.64. The van der Waals surface area contributed by atoms with Crippen molar-refractivity contribution in [2.24, 2.45) is 23.7 Å². The first kappa shape index (κ1) is 24.0. The maximum atomic E-state index is 13.3. The average molecular weight is 480 g/mol. The maximum absolute atomic E-state index is 13.3. The first-order chi connectivity index (χ1) is 15.7. The number of imide groups is 1. The number of aromatic hydroxyl groups is 1. The van der Waals surface area contributed by atoms with Crippen molar-refractivity contribution in [3.8, 4) is 5.75 Å². The van der Waals surface area contributed by atoms with Crippen molar-refractivity contribution in [3.63, 3.8) is 0 Å². The van der Waals surface area contributed by atoms with Crippen LogP contribution in [0, 0.1) is 23.7 Å². The molecule has 8 nitrogen and oxygen atoms in total. The minimum Gasteiger partial charge on any atom is -0.508 e. The highest BCUT2D eigenvalue weighted by Crippen LogP contribution is 2.59. The third-order valence-corrected chi connectivity index (χ3v) is 7.88. The van der Waals surface area contributed by atoms with Crippen LogP contribution in [0.15, 0.2) is 18.2 Å². The summed E-state index contributed by atoms with van der Waals surface area (Å²) in [6, 6.07) is 4.59. The number of fused-ring (bicyclic) bond motifs is 3. The van der Waals surface area contributed by atoms with Crippen LogP contribution in [-0.4, -0.2) is 50.3 Å². The number of phenols is 1. The van der Waals surface area contributed by atoms with Gasteiger partial charge in [0.2, 0.25) is 11.8 Å². The predicted octanol–water partition coefficient (Wildman–Crippen LogP) is 3.49. The molecule has 0 aromatic heterocycles. The number of ether oxygens (including phenoxy) is 1. The second-order valence-corrected chi connectivity index (χ2v) is 9.82. The topological polar surface area (TPSA) is 124 Å². The number of carboxylic acids is 1. The zero-order valence-corrected chi connectivity index (χ0v) is 19.3. The summed E-state index contributed by atoms with van der Waals surface area (Å²) in [5, 5.41) is 30.4. The third kappa shape index (κ3) is 4.24. The lowest BCUT2D eigenvalue weighted by Gasteiger charge is -2.44. The number of likely N-dealkylation sites (tertiary alicyclic amines) is 1. The Hall–Kier alpha value is -2.16. The van der Waals surface area contributed by atoms with Crippen molar-refractivity contribution in [1.29, 1.82) is 0 Å². The number of carbonyl (C=O) groups is 3. The van der Waals surface area contributed by atoms with Crippen LogP contribution in [0.25, 0.3) is 0 Å². The number of carboxylic acid groups (broad SMARTS) is 1. The summed E-state index contributed by atoms with van der Waals surface area (Å²) < 4.78 is 6.18. The summed E-state index contributed by atoms with van der Waals surface area (Å²) in [6.07, 6.45) is 2.53. The van der Waals surface area contributed by atoms with Gasteiger partial charge >= 0.3 is 5.97 Å². The zero-order valence-electron chi connectivity index (χ0n) is 18.6. The Balaban J connectivity index is 1.54. The first-order valence-electron chi connectivity index (χ1n) is 11.6. The van der Waals surface area contributed by atoms with E-state index in [4.69, 9.17) is 21.4 Å². The zero-order chi connectivity index (χ0) is 23.9. The van der Waals surface area contributed by atoms with E-state index >= 15 is 0 Å². The molecule has 3 fully saturated rings. The highest BCUT2D eigenvalue weighted by Gasteiger charge is 2.66. The van der Waals surface area contributed by atoms with E-state index < -0.39 is 35.6 Å². The SMILES string of the molecule is CC[C@H]1C[C@@H]2C(=O)N(CCCCCC(=O)O)C(=O)[C@@H]2[C@@H]2C[C@@H](c3ccc(O)cc3Cl)O[C@]12O. The minimum absolute atomic E-state index is 0.0277. The molecule has 9 heteroatoms. The molecule has 1 aromatic rings. The van der Waals surface area contributed by atoms with Gasteiger partial charge < -0.3 is 20.1 Å². The van der Waals surface area contributed by atoms with Crippen molar-refractivity contribution in [2.75, 3.05) is 6.54 Å². The monoisotopic (exact) mass is 479 g/mol. The number of amides is 2. The van der Waals surface area contributed by atoms with Crippen LogP contribution >= 0.6 is 11.6 Å². The van der Waals surface area contributed by atoms with Crippen LogP contribution in [0.5, 0.6) is 5.75 Å². The largest absolute Gasteiger partial charge is 0.508 e. The van der Waals surface area contributed by atoms with E-state index in [1.165, 1.54) is 17.0 Å². The van der Waals surface area contributed by atoms with Crippen molar-refractivity contribution in [1.82, 2.24) is 4.90 Å². The number of phenolic OH excluding ortho intramolecular Hbond substituents is 1. The molecule has 0 radical (unpaired) electrons. The van der Waals surface area contributed by atoms with Crippen LogP contribution in [-0.2, 0) is 19.1 Å². The molecule has 1 aromatic carbocycles. The number of aliphatic carboxylic acids is 1. The molecular formula is C24H30ClNO7. The maximum Gasteiger partial charge on any atom is 0.303 e. The van der Waals surface area contributed by atoms with Gasteiger partial charge in [-0.25, -0.2) is 0 Å². The van der Waals surface area contributed by atoms with E-state index in [1.54, 1.807) is 6.07 Å². The van der Waals surface area contributed by atoms with Gasteiger partial charge in [-0.2, -0.15) is 0 Å². The van der Waals surface area contributed by atoms with Gasteiger partial charge in [0.15, 0.2) is 5.79 Å². The average Bonchev–Trinajstić information content (AvgIpc) is 3.21. The molecule has 1 saturated carbocycles. The molecule has 2 amide bonds. The molecule has 0 unspecified atom stereocenters. The number of halogens is 1. The van der Waals surface area contributed by atoms with Crippen molar-refractivity contribution >= 4 is 29.4 Å². The van der Waals surface area contributed by atoms with Crippen LogP contribution < -0.4 is 0 Å².